The van der Waals surface area contributed by atoms with Crippen LogP contribution in [0.2, 0.25) is 0 Å². The van der Waals surface area contributed by atoms with Gasteiger partial charge in [0.1, 0.15) is 5.41 Å². The molecular weight excluding hydrogens is 390 g/mol. The van der Waals surface area contributed by atoms with Gasteiger partial charge in [0.25, 0.3) is 0 Å². The van der Waals surface area contributed by atoms with Crippen LogP contribution in [0.25, 0.3) is 0 Å². The molecule has 2 aliphatic carbocycles. The van der Waals surface area contributed by atoms with Gasteiger partial charge in [-0.3, -0.25) is 9.78 Å². The number of aryl methyl sites for hydroxylation is 1. The highest BCUT2D eigenvalue weighted by atomic mass is 16.6. The predicted octanol–water partition coefficient (Wildman–Crippen LogP) is 5.35. The van der Waals surface area contributed by atoms with Crippen molar-refractivity contribution < 1.29 is 19.1 Å². The Bertz CT molecular complexity index is 1070. The number of aromatic nitrogens is 1. The van der Waals surface area contributed by atoms with E-state index < -0.39 is 11.4 Å². The second kappa shape index (κ2) is 6.91. The Labute approximate surface area is 183 Å². The maximum absolute atomic E-state index is 13.5. The molecule has 0 amide bonds. The van der Waals surface area contributed by atoms with E-state index in [1.807, 2.05) is 0 Å². The first-order valence-corrected chi connectivity index (χ1v) is 11.3. The molecule has 5 nitrogen and oxygen atoms in total. The molecule has 0 unspecified atom stereocenters. The standard InChI is InChI=1S/C26H29NO4/c1-15(2)18-13-16-8-9-19-25(3,4)10-6-11-26(19)20(16)22(31-24(26)29)21(18)30-23(28)17-7-5-12-27-14-17/h5,7,12-15,19H,6,8-11H2,1-4H3/t19-,26+/m0/s1. The first-order chi connectivity index (χ1) is 14.8. The fraction of sp³-hybridized carbons (Fsp3) is 0.500. The Balaban J connectivity index is 1.69. The van der Waals surface area contributed by atoms with E-state index in [4.69, 9.17) is 9.47 Å². The number of hydrogen-bond acceptors (Lipinski definition) is 5. The molecular formula is C26H29NO4. The van der Waals surface area contributed by atoms with Crippen LogP contribution in [0.5, 0.6) is 11.5 Å². The lowest BCUT2D eigenvalue weighted by atomic mass is 9.50. The van der Waals surface area contributed by atoms with Crippen LogP contribution in [0.4, 0.5) is 0 Å². The van der Waals surface area contributed by atoms with E-state index in [2.05, 4.69) is 38.7 Å². The number of esters is 2. The Morgan fingerprint density at radius 1 is 1.29 bits per heavy atom. The highest BCUT2D eigenvalue weighted by molar-refractivity contribution is 5.96. The first kappa shape index (κ1) is 20.2. The van der Waals surface area contributed by atoms with Crippen LogP contribution in [0.15, 0.2) is 30.6 Å². The van der Waals surface area contributed by atoms with E-state index in [1.54, 1.807) is 18.3 Å². The summed E-state index contributed by atoms with van der Waals surface area (Å²) >= 11 is 0. The molecule has 2 aromatic rings. The van der Waals surface area contributed by atoms with Crippen LogP contribution in [0.3, 0.4) is 0 Å². The van der Waals surface area contributed by atoms with E-state index in [9.17, 15) is 9.59 Å². The third kappa shape index (κ3) is 2.85. The summed E-state index contributed by atoms with van der Waals surface area (Å²) in [5.41, 5.74) is 2.90. The lowest BCUT2D eigenvalue weighted by Crippen LogP contribution is -2.52. The largest absolute Gasteiger partial charge is 0.421 e. The van der Waals surface area contributed by atoms with Crippen molar-refractivity contribution in [1.82, 2.24) is 4.98 Å². The van der Waals surface area contributed by atoms with Crippen molar-refractivity contribution in [2.24, 2.45) is 11.3 Å². The minimum atomic E-state index is -0.615. The maximum Gasteiger partial charge on any atom is 0.345 e. The third-order valence-electron chi connectivity index (χ3n) is 7.70. The Morgan fingerprint density at radius 3 is 2.81 bits per heavy atom. The third-order valence-corrected chi connectivity index (χ3v) is 7.70. The molecule has 2 heterocycles. The van der Waals surface area contributed by atoms with Crippen LogP contribution < -0.4 is 9.47 Å². The van der Waals surface area contributed by atoms with Crippen molar-refractivity contribution in [2.45, 2.75) is 71.1 Å². The second-order valence-electron chi connectivity index (χ2n) is 10.2. The molecule has 0 saturated heterocycles. The topological polar surface area (TPSA) is 65.5 Å². The molecule has 0 N–H and O–H groups in total. The van der Waals surface area contributed by atoms with Crippen LogP contribution in [0, 0.1) is 11.3 Å². The molecule has 1 saturated carbocycles. The SMILES string of the molecule is CC(C)c1cc2c3c(c1OC(=O)c1cccnc1)OC(=O)[C@@]31CCCC(C)(C)[C@@H]1CC2. The molecule has 1 aromatic heterocycles. The minimum absolute atomic E-state index is 0.0693. The van der Waals surface area contributed by atoms with Crippen LogP contribution in [0.1, 0.15) is 86.3 Å². The predicted molar refractivity (Wildman–Crippen MR) is 116 cm³/mol. The average molecular weight is 420 g/mol. The number of benzene rings is 1. The summed E-state index contributed by atoms with van der Waals surface area (Å²) in [5, 5.41) is 0. The molecule has 1 aromatic carbocycles. The molecule has 3 aliphatic rings. The molecule has 1 fully saturated rings. The Kier molecular flexibility index (Phi) is 4.51. The number of pyridine rings is 1. The Morgan fingerprint density at radius 2 is 2.10 bits per heavy atom. The van der Waals surface area contributed by atoms with Crippen molar-refractivity contribution in [2.75, 3.05) is 0 Å². The summed E-state index contributed by atoms with van der Waals surface area (Å²) in [5.74, 6) is 0.582. The first-order valence-electron chi connectivity index (χ1n) is 11.3. The van der Waals surface area contributed by atoms with Crippen molar-refractivity contribution in [1.29, 1.82) is 0 Å². The van der Waals surface area contributed by atoms with Crippen LogP contribution in [-0.4, -0.2) is 16.9 Å². The quantitative estimate of drug-likeness (QED) is 0.495. The average Bonchev–Trinajstić information content (AvgIpc) is 3.03. The number of carbonyl (C=O) groups excluding carboxylic acids is 2. The summed E-state index contributed by atoms with van der Waals surface area (Å²) in [7, 11) is 0. The molecule has 0 radical (unpaired) electrons. The van der Waals surface area contributed by atoms with Crippen LogP contribution in [-0.2, 0) is 16.6 Å². The summed E-state index contributed by atoms with van der Waals surface area (Å²) in [6.45, 7) is 8.69. The van der Waals surface area contributed by atoms with Gasteiger partial charge in [-0.1, -0.05) is 40.2 Å². The van der Waals surface area contributed by atoms with E-state index in [1.165, 1.54) is 11.8 Å². The van der Waals surface area contributed by atoms with Gasteiger partial charge in [0.2, 0.25) is 0 Å². The van der Waals surface area contributed by atoms with Crippen molar-refractivity contribution in [3.63, 3.8) is 0 Å². The number of hydrogen-bond donors (Lipinski definition) is 0. The minimum Gasteiger partial charge on any atom is -0.421 e. The van der Waals surface area contributed by atoms with Gasteiger partial charge in [-0.15, -0.1) is 0 Å². The van der Waals surface area contributed by atoms with E-state index >= 15 is 0 Å². The normalized spacial score (nSPS) is 25.6. The molecule has 5 heteroatoms. The summed E-state index contributed by atoms with van der Waals surface area (Å²) in [4.78, 5) is 30.4. The smallest absolute Gasteiger partial charge is 0.345 e. The summed E-state index contributed by atoms with van der Waals surface area (Å²) in [6.07, 6.45) is 7.93. The van der Waals surface area contributed by atoms with Gasteiger partial charge < -0.3 is 9.47 Å². The van der Waals surface area contributed by atoms with Crippen molar-refractivity contribution >= 4 is 11.9 Å². The number of ether oxygens (including phenoxy) is 2. The van der Waals surface area contributed by atoms with E-state index in [-0.39, 0.29) is 23.2 Å². The molecule has 1 spiro atoms. The van der Waals surface area contributed by atoms with Gasteiger partial charge in [-0.25, -0.2) is 4.79 Å². The molecule has 1 aliphatic heterocycles. The lowest BCUT2D eigenvalue weighted by molar-refractivity contribution is -0.145. The van der Waals surface area contributed by atoms with Crippen molar-refractivity contribution in [3.05, 3.63) is 52.8 Å². The van der Waals surface area contributed by atoms with E-state index in [0.717, 1.165) is 43.2 Å². The van der Waals surface area contributed by atoms with Crippen LogP contribution >= 0.6 is 0 Å². The fourth-order valence-corrected chi connectivity index (χ4v) is 6.27. The van der Waals surface area contributed by atoms with Gasteiger partial charge >= 0.3 is 11.9 Å². The van der Waals surface area contributed by atoms with Gasteiger partial charge in [0.05, 0.1) is 5.56 Å². The van der Waals surface area contributed by atoms with Crippen molar-refractivity contribution in [3.8, 4) is 11.5 Å². The summed E-state index contributed by atoms with van der Waals surface area (Å²) < 4.78 is 11.9. The summed E-state index contributed by atoms with van der Waals surface area (Å²) in [6, 6.07) is 5.53. The Hall–Kier alpha value is -2.69. The lowest BCUT2D eigenvalue weighted by Gasteiger charge is -2.51. The zero-order valence-electron chi connectivity index (χ0n) is 18.7. The van der Waals surface area contributed by atoms with Gasteiger partial charge in [-0.05, 0) is 60.6 Å². The zero-order valence-corrected chi connectivity index (χ0v) is 18.7. The number of nitrogens with zero attached hydrogens (tertiary/aromatic N) is 1. The second-order valence-corrected chi connectivity index (χ2v) is 10.2. The number of carbonyl (C=O) groups is 2. The highest BCUT2D eigenvalue weighted by Crippen LogP contribution is 2.64. The van der Waals surface area contributed by atoms with Gasteiger partial charge in [0, 0.05) is 23.5 Å². The molecule has 5 rings (SSSR count). The molecule has 0 bridgehead atoms. The zero-order chi connectivity index (χ0) is 22.0. The van der Waals surface area contributed by atoms with E-state index in [0.29, 0.717) is 17.1 Å². The molecule has 31 heavy (non-hydrogen) atoms. The van der Waals surface area contributed by atoms with Gasteiger partial charge in [-0.2, -0.15) is 0 Å². The highest BCUT2D eigenvalue weighted by Gasteiger charge is 2.62. The molecule has 162 valence electrons. The molecule has 2 atom stereocenters. The maximum atomic E-state index is 13.5. The van der Waals surface area contributed by atoms with Gasteiger partial charge in [0.15, 0.2) is 11.5 Å². The fourth-order valence-electron chi connectivity index (χ4n) is 6.27. The number of rotatable bonds is 3. The monoisotopic (exact) mass is 419 g/mol.